The number of halogens is 1. The van der Waals surface area contributed by atoms with Crippen molar-refractivity contribution >= 4 is 37.7 Å². The lowest BCUT2D eigenvalue weighted by Gasteiger charge is -2.21. The molecule has 0 saturated heterocycles. The van der Waals surface area contributed by atoms with Gasteiger partial charge in [0.15, 0.2) is 0 Å². The lowest BCUT2D eigenvalue weighted by Crippen LogP contribution is -2.37. The van der Waals surface area contributed by atoms with Crippen LogP contribution in [0.4, 0.5) is 0 Å². The summed E-state index contributed by atoms with van der Waals surface area (Å²) in [6, 6.07) is 6.47. The van der Waals surface area contributed by atoms with Gasteiger partial charge in [0.2, 0.25) is 10.0 Å². The van der Waals surface area contributed by atoms with Crippen molar-refractivity contribution in [2.45, 2.75) is 30.0 Å². The summed E-state index contributed by atoms with van der Waals surface area (Å²) in [5.74, 6) is 1.47. The molecule has 3 rings (SSSR count). The van der Waals surface area contributed by atoms with E-state index in [1.807, 2.05) is 0 Å². The van der Waals surface area contributed by atoms with Crippen molar-refractivity contribution in [3.05, 3.63) is 60.8 Å². The average Bonchev–Trinajstić information content (AvgIpc) is 2.64. The number of nitrogens with zero attached hydrogens (tertiary/aromatic N) is 2. The molecule has 0 amide bonds. The highest BCUT2D eigenvalue weighted by Crippen LogP contribution is 2.21. The van der Waals surface area contributed by atoms with Crippen molar-refractivity contribution in [2.24, 2.45) is 0 Å². The first-order valence-electron chi connectivity index (χ1n) is 8.45. The Labute approximate surface area is 170 Å². The molecule has 0 saturated carbocycles. The van der Waals surface area contributed by atoms with Gasteiger partial charge >= 0.3 is 5.69 Å². The Bertz CT molecular complexity index is 1050. The Morgan fingerprint density at radius 2 is 1.96 bits per heavy atom. The van der Waals surface area contributed by atoms with E-state index in [4.69, 9.17) is 0 Å². The number of benzene rings is 1. The zero-order valence-electron chi connectivity index (χ0n) is 14.8. The highest BCUT2D eigenvalue weighted by molar-refractivity contribution is 9.10. The van der Waals surface area contributed by atoms with Gasteiger partial charge in [0.1, 0.15) is 0 Å². The van der Waals surface area contributed by atoms with Gasteiger partial charge in [-0.3, -0.25) is 14.3 Å². The van der Waals surface area contributed by atoms with Crippen LogP contribution in [0.15, 0.2) is 43.2 Å². The molecule has 0 spiro atoms. The molecule has 1 aliphatic rings. The monoisotopic (exact) mass is 473 g/mol. The van der Waals surface area contributed by atoms with Gasteiger partial charge in [-0.15, -0.1) is 0 Å². The maximum absolute atomic E-state index is 12.6. The van der Waals surface area contributed by atoms with Crippen molar-refractivity contribution in [2.75, 3.05) is 19.3 Å². The molecule has 0 bridgehead atoms. The van der Waals surface area contributed by atoms with Crippen LogP contribution >= 0.6 is 27.7 Å². The van der Waals surface area contributed by atoms with Gasteiger partial charge in [0.05, 0.1) is 4.90 Å². The van der Waals surface area contributed by atoms with Gasteiger partial charge in [-0.2, -0.15) is 11.8 Å². The summed E-state index contributed by atoms with van der Waals surface area (Å²) in [6.45, 7) is 0.635. The molecule has 2 aromatic rings. The lowest BCUT2D eigenvalue weighted by atomic mass is 10.2. The number of aromatic amines is 1. The quantitative estimate of drug-likeness (QED) is 0.690. The highest BCUT2D eigenvalue weighted by atomic mass is 79.9. The second-order valence-corrected chi connectivity index (χ2v) is 10.3. The first kappa shape index (κ1) is 20.4. The molecule has 1 aliphatic heterocycles. The maximum Gasteiger partial charge on any atom is 0.328 e. The van der Waals surface area contributed by atoms with E-state index in [2.05, 4.69) is 20.9 Å². The molecule has 146 valence electrons. The molecule has 2 heterocycles. The lowest BCUT2D eigenvalue weighted by molar-refractivity contribution is 0.439. The minimum absolute atomic E-state index is 0.226. The molecule has 7 nitrogen and oxygen atoms in total. The van der Waals surface area contributed by atoms with E-state index >= 15 is 0 Å². The van der Waals surface area contributed by atoms with E-state index in [0.717, 1.165) is 15.9 Å². The van der Waals surface area contributed by atoms with Crippen LogP contribution in [-0.2, 0) is 28.7 Å². The predicted octanol–water partition coefficient (Wildman–Crippen LogP) is 1.80. The second kappa shape index (κ2) is 8.34. The predicted molar refractivity (Wildman–Crippen MR) is 110 cm³/mol. The van der Waals surface area contributed by atoms with E-state index in [9.17, 15) is 18.0 Å². The van der Waals surface area contributed by atoms with Crippen LogP contribution in [0, 0.1) is 0 Å². The molecular formula is C17H20BrN3O4S2. The molecular weight excluding hydrogens is 454 g/mol. The van der Waals surface area contributed by atoms with E-state index in [0.29, 0.717) is 30.7 Å². The minimum atomic E-state index is -3.58. The molecule has 10 heteroatoms. The van der Waals surface area contributed by atoms with E-state index < -0.39 is 15.7 Å². The summed E-state index contributed by atoms with van der Waals surface area (Å²) in [4.78, 5) is 26.8. The first-order valence-corrected chi connectivity index (χ1v) is 11.8. The maximum atomic E-state index is 12.6. The second-order valence-electron chi connectivity index (χ2n) is 6.27. The average molecular weight is 474 g/mol. The minimum Gasteiger partial charge on any atom is -0.297 e. The number of fused-ring (bicyclic) bond motifs is 1. The fraction of sp³-hybridized carbons (Fsp3) is 0.412. The van der Waals surface area contributed by atoms with Gasteiger partial charge in [-0.25, -0.2) is 17.5 Å². The van der Waals surface area contributed by atoms with Crippen molar-refractivity contribution in [1.29, 1.82) is 0 Å². The van der Waals surface area contributed by atoms with Gasteiger partial charge in [-0.05, 0) is 42.9 Å². The van der Waals surface area contributed by atoms with Crippen LogP contribution in [0.2, 0.25) is 0 Å². The number of rotatable bonds is 6. The number of hydrogen-bond donors (Lipinski definition) is 1. The molecule has 27 heavy (non-hydrogen) atoms. The van der Waals surface area contributed by atoms with Crippen LogP contribution in [0.3, 0.4) is 0 Å². The largest absolute Gasteiger partial charge is 0.328 e. The molecule has 0 aliphatic carbocycles. The SMILES string of the molecule is CN(CCCn1c2c(c(=O)[nH]c1=O)CSCC2)S(=O)(=O)c1ccc(Br)cc1. The van der Waals surface area contributed by atoms with Crippen molar-refractivity contribution in [3.8, 4) is 0 Å². The van der Waals surface area contributed by atoms with Crippen LogP contribution < -0.4 is 11.2 Å². The van der Waals surface area contributed by atoms with Crippen molar-refractivity contribution in [3.63, 3.8) is 0 Å². The number of sulfonamides is 1. The van der Waals surface area contributed by atoms with Gasteiger partial charge in [0, 0.05) is 41.6 Å². The number of thioether (sulfide) groups is 1. The standard InChI is InChI=1S/C17H20BrN3O4S2/c1-20(27(24,25)13-5-3-12(18)4-6-13)8-2-9-21-15-7-10-26-11-14(15)16(22)19-17(21)23/h3-6H,2,7-11H2,1H3,(H,19,22,23). The third-order valence-electron chi connectivity index (χ3n) is 4.52. The zero-order valence-corrected chi connectivity index (χ0v) is 18.0. The molecule has 1 aromatic heterocycles. The Kier molecular flexibility index (Phi) is 6.29. The topological polar surface area (TPSA) is 92.2 Å². The van der Waals surface area contributed by atoms with Crippen molar-refractivity contribution < 1.29 is 8.42 Å². The highest BCUT2D eigenvalue weighted by Gasteiger charge is 2.21. The van der Waals surface area contributed by atoms with Crippen LogP contribution in [0.25, 0.3) is 0 Å². The summed E-state index contributed by atoms with van der Waals surface area (Å²) < 4.78 is 28.9. The van der Waals surface area contributed by atoms with Crippen LogP contribution in [-0.4, -0.2) is 41.6 Å². The van der Waals surface area contributed by atoms with Crippen LogP contribution in [0.5, 0.6) is 0 Å². The Morgan fingerprint density at radius 3 is 2.67 bits per heavy atom. The molecule has 0 radical (unpaired) electrons. The zero-order chi connectivity index (χ0) is 19.6. The number of H-pyrrole nitrogens is 1. The third-order valence-corrected chi connectivity index (χ3v) is 7.91. The van der Waals surface area contributed by atoms with Gasteiger partial charge in [-0.1, -0.05) is 15.9 Å². The Hall–Kier alpha value is -1.36. The molecule has 1 N–H and O–H groups in total. The summed E-state index contributed by atoms with van der Waals surface area (Å²) in [6.07, 6.45) is 1.14. The number of hydrogen-bond acceptors (Lipinski definition) is 5. The first-order chi connectivity index (χ1) is 12.8. The molecule has 1 aromatic carbocycles. The molecule has 0 fully saturated rings. The van der Waals surface area contributed by atoms with Crippen molar-refractivity contribution in [1.82, 2.24) is 13.9 Å². The van der Waals surface area contributed by atoms with E-state index in [1.54, 1.807) is 40.6 Å². The number of nitrogens with one attached hydrogen (secondary N) is 1. The summed E-state index contributed by atoms with van der Waals surface area (Å²) in [5, 5.41) is 0. The number of aromatic nitrogens is 2. The summed E-state index contributed by atoms with van der Waals surface area (Å²) in [5.41, 5.74) is 0.695. The normalized spacial score (nSPS) is 14.3. The summed E-state index contributed by atoms with van der Waals surface area (Å²) >= 11 is 4.96. The summed E-state index contributed by atoms with van der Waals surface area (Å²) in [7, 11) is -2.05. The van der Waals surface area contributed by atoms with Gasteiger partial charge in [0.25, 0.3) is 5.56 Å². The third kappa shape index (κ3) is 4.39. The van der Waals surface area contributed by atoms with Crippen LogP contribution in [0.1, 0.15) is 17.7 Å². The van der Waals surface area contributed by atoms with E-state index in [1.165, 1.54) is 11.4 Å². The molecule has 0 atom stereocenters. The molecule has 0 unspecified atom stereocenters. The van der Waals surface area contributed by atoms with E-state index in [-0.39, 0.29) is 17.0 Å². The fourth-order valence-electron chi connectivity index (χ4n) is 3.03. The Morgan fingerprint density at radius 1 is 1.26 bits per heavy atom. The fourth-order valence-corrected chi connectivity index (χ4v) is 5.49. The smallest absolute Gasteiger partial charge is 0.297 e. The van der Waals surface area contributed by atoms with Gasteiger partial charge < -0.3 is 0 Å². The Balaban J connectivity index is 1.72.